The van der Waals surface area contributed by atoms with E-state index in [9.17, 15) is 9.18 Å². The quantitative estimate of drug-likeness (QED) is 0.901. The van der Waals surface area contributed by atoms with E-state index in [1.807, 2.05) is 0 Å². The number of aryl methyl sites for hydroxylation is 1. The van der Waals surface area contributed by atoms with E-state index in [4.69, 9.17) is 16.7 Å². The normalized spacial score (nSPS) is 10.3. The molecule has 0 aliphatic rings. The number of halogens is 2. The van der Waals surface area contributed by atoms with Crippen molar-refractivity contribution in [2.45, 2.75) is 6.92 Å². The predicted molar refractivity (Wildman–Crippen MR) is 70.6 cm³/mol. The maximum atomic E-state index is 13.7. The summed E-state index contributed by atoms with van der Waals surface area (Å²) in [5, 5.41) is 11.6. The Hall–Kier alpha value is -2.14. The van der Waals surface area contributed by atoms with Crippen LogP contribution in [0.1, 0.15) is 16.1 Å². The summed E-state index contributed by atoms with van der Waals surface area (Å²) in [6.07, 6.45) is 0. The summed E-state index contributed by atoms with van der Waals surface area (Å²) in [5.41, 5.74) is 0.638. The number of carboxylic acids is 1. The van der Waals surface area contributed by atoms with Gasteiger partial charge >= 0.3 is 5.97 Å². The standard InChI is InChI=1S/C13H10ClFN2O2/c1-7-8(13(18)19)5-6-11(16-7)17-10-4-2-3-9(14)12(10)15/h2-6H,1H3,(H,16,17)(H,18,19). The lowest BCUT2D eigenvalue weighted by atomic mass is 10.2. The van der Waals surface area contributed by atoms with Crippen molar-refractivity contribution in [3.8, 4) is 0 Å². The van der Waals surface area contributed by atoms with Crippen LogP contribution in [0.15, 0.2) is 30.3 Å². The van der Waals surface area contributed by atoms with Crippen LogP contribution in [0.5, 0.6) is 0 Å². The number of pyridine rings is 1. The molecule has 4 nitrogen and oxygen atoms in total. The first-order chi connectivity index (χ1) is 8.99. The number of anilines is 2. The SMILES string of the molecule is Cc1nc(Nc2cccc(Cl)c2F)ccc1C(=O)O. The van der Waals surface area contributed by atoms with Gasteiger partial charge in [0.1, 0.15) is 5.82 Å². The van der Waals surface area contributed by atoms with Gasteiger partial charge in [0, 0.05) is 0 Å². The largest absolute Gasteiger partial charge is 0.478 e. The van der Waals surface area contributed by atoms with Gasteiger partial charge in [0.15, 0.2) is 5.82 Å². The fourth-order valence-corrected chi connectivity index (χ4v) is 1.77. The van der Waals surface area contributed by atoms with E-state index in [1.165, 1.54) is 24.3 Å². The molecule has 0 saturated heterocycles. The Morgan fingerprint density at radius 2 is 2.11 bits per heavy atom. The zero-order chi connectivity index (χ0) is 14.0. The Kier molecular flexibility index (Phi) is 3.66. The fourth-order valence-electron chi connectivity index (χ4n) is 1.60. The second kappa shape index (κ2) is 5.24. The van der Waals surface area contributed by atoms with Crippen molar-refractivity contribution in [1.29, 1.82) is 0 Å². The molecule has 0 aliphatic heterocycles. The van der Waals surface area contributed by atoms with Crippen molar-refractivity contribution in [2.75, 3.05) is 5.32 Å². The summed E-state index contributed by atoms with van der Waals surface area (Å²) in [7, 11) is 0. The van der Waals surface area contributed by atoms with Crippen LogP contribution in [0.25, 0.3) is 0 Å². The van der Waals surface area contributed by atoms with Gasteiger partial charge in [0.05, 0.1) is 22.0 Å². The average molecular weight is 281 g/mol. The van der Waals surface area contributed by atoms with Gasteiger partial charge in [0.2, 0.25) is 0 Å². The van der Waals surface area contributed by atoms with E-state index >= 15 is 0 Å². The molecule has 1 aromatic carbocycles. The molecule has 0 saturated carbocycles. The van der Waals surface area contributed by atoms with Crippen LogP contribution in [-0.4, -0.2) is 16.1 Å². The van der Waals surface area contributed by atoms with E-state index in [2.05, 4.69) is 10.3 Å². The molecule has 6 heteroatoms. The highest BCUT2D eigenvalue weighted by atomic mass is 35.5. The molecule has 0 amide bonds. The molecule has 1 aromatic heterocycles. The molecule has 0 fully saturated rings. The Bertz CT molecular complexity index is 647. The number of aromatic carboxylic acids is 1. The molecule has 0 aliphatic carbocycles. The lowest BCUT2D eigenvalue weighted by molar-refractivity contribution is 0.0695. The highest BCUT2D eigenvalue weighted by Crippen LogP contribution is 2.25. The van der Waals surface area contributed by atoms with Gasteiger partial charge in [-0.15, -0.1) is 0 Å². The van der Waals surface area contributed by atoms with Crippen molar-refractivity contribution < 1.29 is 14.3 Å². The maximum Gasteiger partial charge on any atom is 0.337 e. The van der Waals surface area contributed by atoms with Crippen LogP contribution in [0, 0.1) is 12.7 Å². The van der Waals surface area contributed by atoms with Crippen molar-refractivity contribution in [3.63, 3.8) is 0 Å². The van der Waals surface area contributed by atoms with Crippen molar-refractivity contribution >= 4 is 29.1 Å². The molecule has 2 rings (SSSR count). The highest BCUT2D eigenvalue weighted by Gasteiger charge is 2.10. The molecule has 0 unspecified atom stereocenters. The lowest BCUT2D eigenvalue weighted by Crippen LogP contribution is -2.04. The smallest absolute Gasteiger partial charge is 0.337 e. The van der Waals surface area contributed by atoms with Gasteiger partial charge in [0.25, 0.3) is 0 Å². The summed E-state index contributed by atoms with van der Waals surface area (Å²) < 4.78 is 13.7. The molecule has 0 bridgehead atoms. The zero-order valence-electron chi connectivity index (χ0n) is 9.95. The Morgan fingerprint density at radius 3 is 2.74 bits per heavy atom. The van der Waals surface area contributed by atoms with E-state index in [-0.39, 0.29) is 16.3 Å². The molecule has 0 radical (unpaired) electrons. The first-order valence-corrected chi connectivity index (χ1v) is 5.79. The molecular formula is C13H10ClFN2O2. The van der Waals surface area contributed by atoms with Crippen LogP contribution in [-0.2, 0) is 0 Å². The van der Waals surface area contributed by atoms with Crippen molar-refractivity contribution in [3.05, 3.63) is 52.4 Å². The van der Waals surface area contributed by atoms with E-state index < -0.39 is 11.8 Å². The minimum absolute atomic E-state index is 0.00359. The molecule has 0 atom stereocenters. The first kappa shape index (κ1) is 13.3. The number of nitrogens with one attached hydrogen (secondary N) is 1. The third-order valence-corrected chi connectivity index (χ3v) is 2.82. The topological polar surface area (TPSA) is 62.2 Å². The van der Waals surface area contributed by atoms with Crippen molar-refractivity contribution in [2.24, 2.45) is 0 Å². The second-order valence-electron chi connectivity index (χ2n) is 3.86. The van der Waals surface area contributed by atoms with E-state index in [0.717, 1.165) is 0 Å². The Morgan fingerprint density at radius 1 is 1.37 bits per heavy atom. The van der Waals surface area contributed by atoms with E-state index in [0.29, 0.717) is 11.5 Å². The summed E-state index contributed by atoms with van der Waals surface area (Å²) in [5.74, 6) is -1.28. The van der Waals surface area contributed by atoms with Crippen LogP contribution in [0.3, 0.4) is 0 Å². The summed E-state index contributed by atoms with van der Waals surface area (Å²) in [6, 6.07) is 7.44. The Balaban J connectivity index is 2.32. The molecule has 0 spiro atoms. The molecule has 98 valence electrons. The van der Waals surface area contributed by atoms with Crippen LogP contribution < -0.4 is 5.32 Å². The number of rotatable bonds is 3. The van der Waals surface area contributed by atoms with E-state index in [1.54, 1.807) is 13.0 Å². The average Bonchev–Trinajstić information content (AvgIpc) is 2.34. The first-order valence-electron chi connectivity index (χ1n) is 5.41. The highest BCUT2D eigenvalue weighted by molar-refractivity contribution is 6.31. The number of nitrogens with zero attached hydrogens (tertiary/aromatic N) is 1. The lowest BCUT2D eigenvalue weighted by Gasteiger charge is -2.09. The molecular weight excluding hydrogens is 271 g/mol. The number of hydrogen-bond acceptors (Lipinski definition) is 3. The fraction of sp³-hybridized carbons (Fsp3) is 0.0769. The zero-order valence-corrected chi connectivity index (χ0v) is 10.7. The predicted octanol–water partition coefficient (Wildman–Crippen LogP) is 3.62. The third kappa shape index (κ3) is 2.82. The number of carboxylic acid groups (broad SMARTS) is 1. The molecule has 1 heterocycles. The van der Waals surface area contributed by atoms with Gasteiger partial charge in [-0.1, -0.05) is 17.7 Å². The summed E-state index contributed by atoms with van der Waals surface area (Å²) >= 11 is 5.66. The summed E-state index contributed by atoms with van der Waals surface area (Å²) in [6.45, 7) is 1.57. The van der Waals surface area contributed by atoms with Gasteiger partial charge in [-0.3, -0.25) is 0 Å². The number of hydrogen-bond donors (Lipinski definition) is 2. The van der Waals surface area contributed by atoms with Crippen molar-refractivity contribution in [1.82, 2.24) is 4.98 Å². The second-order valence-corrected chi connectivity index (χ2v) is 4.27. The molecule has 19 heavy (non-hydrogen) atoms. The summed E-state index contributed by atoms with van der Waals surface area (Å²) in [4.78, 5) is 14.9. The number of aromatic nitrogens is 1. The number of benzene rings is 1. The Labute approximate surface area is 113 Å². The van der Waals surface area contributed by atoms with Gasteiger partial charge in [-0.2, -0.15) is 0 Å². The monoisotopic (exact) mass is 280 g/mol. The number of carbonyl (C=O) groups is 1. The maximum absolute atomic E-state index is 13.7. The molecule has 2 N–H and O–H groups in total. The molecule has 2 aromatic rings. The third-order valence-electron chi connectivity index (χ3n) is 2.53. The van der Waals surface area contributed by atoms with Crippen LogP contribution >= 0.6 is 11.6 Å². The van der Waals surface area contributed by atoms with Crippen LogP contribution in [0.4, 0.5) is 15.9 Å². The van der Waals surface area contributed by atoms with Crippen LogP contribution in [0.2, 0.25) is 5.02 Å². The minimum Gasteiger partial charge on any atom is -0.478 e. The van der Waals surface area contributed by atoms with Gasteiger partial charge in [-0.25, -0.2) is 14.2 Å². The van der Waals surface area contributed by atoms with Gasteiger partial charge < -0.3 is 10.4 Å². The van der Waals surface area contributed by atoms with Gasteiger partial charge in [-0.05, 0) is 31.2 Å². The minimum atomic E-state index is -1.05.